The zero-order valence-electron chi connectivity index (χ0n) is 20.1. The number of isocyanates is 1. The second kappa shape index (κ2) is 9.20. The molecule has 5 rings (SSSR count). The number of H-pyrrole nitrogens is 1. The average Bonchev–Trinajstić information content (AvgIpc) is 3.11. The molecule has 0 atom stereocenters. The first-order valence-electron chi connectivity index (χ1n) is 11.7. The third-order valence-electron chi connectivity index (χ3n) is 6.54. The van der Waals surface area contributed by atoms with Gasteiger partial charge in [0, 0.05) is 30.1 Å². The molecule has 176 valence electrons. The topological polar surface area (TPSA) is 78.3 Å². The van der Waals surface area contributed by atoms with Crippen molar-refractivity contribution in [1.29, 1.82) is 0 Å². The number of carbonyl (C=O) groups is 1. The highest BCUT2D eigenvalue weighted by Crippen LogP contribution is 2.38. The second-order valence-electron chi connectivity index (χ2n) is 8.80. The summed E-state index contributed by atoms with van der Waals surface area (Å²) >= 11 is 0. The number of methoxy groups -OCH3 is 1. The lowest BCUT2D eigenvalue weighted by molar-refractivity contribution is -0.330. The number of hydrogen-bond acceptors (Lipinski definition) is 5. The van der Waals surface area contributed by atoms with Crippen LogP contribution >= 0.6 is 0 Å². The van der Waals surface area contributed by atoms with Crippen LogP contribution in [-0.4, -0.2) is 40.2 Å². The molecule has 7 heteroatoms. The summed E-state index contributed by atoms with van der Waals surface area (Å²) in [7, 11) is 1.53. The molecule has 1 aromatic heterocycles. The second-order valence-corrected chi connectivity index (χ2v) is 8.80. The molecule has 0 saturated carbocycles. The van der Waals surface area contributed by atoms with Crippen LogP contribution < -0.4 is 9.64 Å². The molecule has 0 aliphatic carbocycles. The van der Waals surface area contributed by atoms with E-state index < -0.39 is 5.91 Å². The largest absolute Gasteiger partial charge is 0.496 e. The van der Waals surface area contributed by atoms with Gasteiger partial charge in [-0.1, -0.05) is 24.3 Å². The maximum absolute atomic E-state index is 13.5. The number of carbonyl (C=O) groups excluding carboxylic acids is 2. The number of hydrogen-bond donors (Lipinski definition) is 1. The summed E-state index contributed by atoms with van der Waals surface area (Å²) in [4.78, 5) is 35.4. The SMILES string of the molecule is COc1cc(N2CCCCc3cccc(C)c32)ccc1C(=O)[N+](=C=O)c1cccc2[nH]c(C)nc12. The maximum atomic E-state index is 13.5. The van der Waals surface area contributed by atoms with Gasteiger partial charge in [-0.3, -0.25) is 0 Å². The molecular weight excluding hydrogens is 440 g/mol. The van der Waals surface area contributed by atoms with Gasteiger partial charge in [0.15, 0.2) is 5.52 Å². The van der Waals surface area contributed by atoms with Crippen LogP contribution in [0.2, 0.25) is 0 Å². The predicted octanol–water partition coefficient (Wildman–Crippen LogP) is 5.48. The van der Waals surface area contributed by atoms with Gasteiger partial charge in [-0.15, -0.1) is 0 Å². The van der Waals surface area contributed by atoms with Gasteiger partial charge >= 0.3 is 12.0 Å². The lowest BCUT2D eigenvalue weighted by Gasteiger charge is -2.27. The molecule has 0 fully saturated rings. The highest BCUT2D eigenvalue weighted by atomic mass is 16.5. The minimum Gasteiger partial charge on any atom is -0.496 e. The molecule has 1 aliphatic heterocycles. The Balaban J connectivity index is 1.56. The van der Waals surface area contributed by atoms with E-state index in [1.807, 2.05) is 25.1 Å². The van der Waals surface area contributed by atoms with E-state index in [0.717, 1.165) is 41.6 Å². The summed E-state index contributed by atoms with van der Waals surface area (Å²) < 4.78 is 6.61. The van der Waals surface area contributed by atoms with E-state index in [0.29, 0.717) is 22.8 Å². The van der Waals surface area contributed by atoms with Gasteiger partial charge in [0.25, 0.3) is 5.69 Å². The fourth-order valence-corrected chi connectivity index (χ4v) is 4.93. The predicted molar refractivity (Wildman–Crippen MR) is 135 cm³/mol. The minimum atomic E-state index is -0.524. The Labute approximate surface area is 203 Å². The molecule has 1 amide bonds. The van der Waals surface area contributed by atoms with Crippen molar-refractivity contribution in [3.05, 3.63) is 77.1 Å². The molecule has 3 aromatic carbocycles. The van der Waals surface area contributed by atoms with Crippen LogP contribution in [0.5, 0.6) is 5.75 Å². The van der Waals surface area contributed by atoms with Gasteiger partial charge in [0.2, 0.25) is 0 Å². The van der Waals surface area contributed by atoms with E-state index >= 15 is 0 Å². The van der Waals surface area contributed by atoms with Gasteiger partial charge in [-0.05, 0) is 67.0 Å². The number of anilines is 2. The summed E-state index contributed by atoms with van der Waals surface area (Å²) in [6.07, 6.45) is 5.03. The zero-order chi connectivity index (χ0) is 24.5. The highest BCUT2D eigenvalue weighted by molar-refractivity contribution is 5.97. The third-order valence-corrected chi connectivity index (χ3v) is 6.54. The molecule has 0 spiro atoms. The number of aromatic nitrogens is 2. The minimum absolute atomic E-state index is 0.281. The molecule has 7 nitrogen and oxygen atoms in total. The molecule has 4 aromatic rings. The Morgan fingerprint density at radius 1 is 1.11 bits per heavy atom. The van der Waals surface area contributed by atoms with Crippen LogP contribution in [0.15, 0.2) is 54.6 Å². The number of aromatic amines is 1. The van der Waals surface area contributed by atoms with Crippen molar-refractivity contribution >= 4 is 40.1 Å². The van der Waals surface area contributed by atoms with E-state index in [2.05, 4.69) is 40.0 Å². The lowest BCUT2D eigenvalue weighted by atomic mass is 10.0. The fourth-order valence-electron chi connectivity index (χ4n) is 4.93. The number of fused-ring (bicyclic) bond motifs is 2. The summed E-state index contributed by atoms with van der Waals surface area (Å²) in [6, 6.07) is 17.2. The van der Waals surface area contributed by atoms with Crippen molar-refractivity contribution < 1.29 is 18.9 Å². The van der Waals surface area contributed by atoms with Gasteiger partial charge < -0.3 is 14.6 Å². The quantitative estimate of drug-likeness (QED) is 0.244. The maximum Gasteiger partial charge on any atom is 0.440 e. The van der Waals surface area contributed by atoms with Crippen LogP contribution in [0.1, 0.15) is 40.2 Å². The van der Waals surface area contributed by atoms with Crippen LogP contribution in [-0.2, 0) is 11.2 Å². The van der Waals surface area contributed by atoms with Crippen molar-refractivity contribution in [1.82, 2.24) is 9.97 Å². The van der Waals surface area contributed by atoms with E-state index in [4.69, 9.17) is 4.74 Å². The zero-order valence-corrected chi connectivity index (χ0v) is 20.1. The molecule has 0 bridgehead atoms. The van der Waals surface area contributed by atoms with Crippen LogP contribution in [0, 0.1) is 13.8 Å². The van der Waals surface area contributed by atoms with Crippen molar-refractivity contribution in [3.63, 3.8) is 0 Å². The Morgan fingerprint density at radius 3 is 2.74 bits per heavy atom. The first-order valence-corrected chi connectivity index (χ1v) is 11.7. The molecule has 1 aliphatic rings. The molecular formula is C28H27N4O3+. The van der Waals surface area contributed by atoms with E-state index in [9.17, 15) is 9.59 Å². The van der Waals surface area contributed by atoms with Gasteiger partial charge in [-0.2, -0.15) is 4.79 Å². The number of nitrogens with zero attached hydrogens (tertiary/aromatic N) is 3. The van der Waals surface area contributed by atoms with Crippen molar-refractivity contribution in [2.45, 2.75) is 33.1 Å². The lowest BCUT2D eigenvalue weighted by Crippen LogP contribution is -2.20. The third kappa shape index (κ3) is 4.00. The standard InChI is InChI=1S/C28H27N4O3/c1-18-8-6-10-20-9-4-5-15-31(27(18)20)21-13-14-22(25(16-21)35-3)28(34)32(17-33)24-12-7-11-23-26(24)30-19(2)29-23/h6-8,10-14,16H,4-5,9,15H2,1-3H3,(H,29,30)/q+1. The number of amides is 1. The Bertz CT molecular complexity index is 1500. The Hall–Kier alpha value is -4.22. The molecule has 0 radical (unpaired) electrons. The highest BCUT2D eigenvalue weighted by Gasteiger charge is 2.31. The molecule has 1 N–H and O–H groups in total. The first-order chi connectivity index (χ1) is 17.0. The Kier molecular flexibility index (Phi) is 5.93. The van der Waals surface area contributed by atoms with Crippen molar-refractivity contribution in [3.8, 4) is 5.75 Å². The normalized spacial score (nSPS) is 13.2. The van der Waals surface area contributed by atoms with Gasteiger partial charge in [0.05, 0.1) is 12.6 Å². The van der Waals surface area contributed by atoms with Gasteiger partial charge in [0.1, 0.15) is 17.1 Å². The van der Waals surface area contributed by atoms with E-state index in [1.165, 1.54) is 23.9 Å². The fraction of sp³-hybridized carbons (Fsp3) is 0.250. The summed E-state index contributed by atoms with van der Waals surface area (Å²) in [6.45, 7) is 4.83. The van der Waals surface area contributed by atoms with Crippen LogP contribution in [0.3, 0.4) is 0 Å². The summed E-state index contributed by atoms with van der Waals surface area (Å²) in [5.41, 5.74) is 6.63. The number of ether oxygens (including phenoxy) is 1. The number of aryl methyl sites for hydroxylation is 3. The molecule has 35 heavy (non-hydrogen) atoms. The summed E-state index contributed by atoms with van der Waals surface area (Å²) in [5.74, 6) is 0.572. The van der Waals surface area contributed by atoms with Crippen molar-refractivity contribution in [2.24, 2.45) is 0 Å². The van der Waals surface area contributed by atoms with Crippen LogP contribution in [0.4, 0.5) is 17.1 Å². The molecule has 0 unspecified atom stereocenters. The smallest absolute Gasteiger partial charge is 0.440 e. The molecule has 0 saturated heterocycles. The van der Waals surface area contributed by atoms with Crippen molar-refractivity contribution in [2.75, 3.05) is 18.6 Å². The number of rotatable bonds is 4. The number of benzene rings is 3. The number of para-hydroxylation sites is 2. The van der Waals surface area contributed by atoms with Gasteiger partial charge in [-0.25, -0.2) is 9.78 Å². The average molecular weight is 468 g/mol. The number of nitrogens with one attached hydrogen (secondary N) is 1. The first kappa shape index (κ1) is 22.6. The van der Waals surface area contributed by atoms with E-state index in [-0.39, 0.29) is 5.56 Å². The van der Waals surface area contributed by atoms with Crippen LogP contribution in [0.25, 0.3) is 11.0 Å². The van der Waals surface area contributed by atoms with E-state index in [1.54, 1.807) is 24.3 Å². The number of imidazole rings is 1. The molecule has 2 heterocycles. The summed E-state index contributed by atoms with van der Waals surface area (Å²) in [5, 5.41) is 0. The Morgan fingerprint density at radius 2 is 1.94 bits per heavy atom. The monoisotopic (exact) mass is 467 g/mol.